The third-order valence-electron chi connectivity index (χ3n) is 3.62. The highest BCUT2D eigenvalue weighted by Crippen LogP contribution is 2.35. The molecule has 0 N–H and O–H groups in total. The first-order valence-corrected chi connectivity index (χ1v) is 8.46. The molecule has 1 aromatic carbocycles. The Morgan fingerprint density at radius 2 is 1.86 bits per heavy atom. The number of aryl methyl sites for hydroxylation is 1. The minimum absolute atomic E-state index is 0.0969. The molecular formula is C15H20O5S. The molecule has 0 aromatic heterocycles. The van der Waals surface area contributed by atoms with E-state index < -0.39 is 10.1 Å². The van der Waals surface area contributed by atoms with Crippen LogP contribution in [0.5, 0.6) is 0 Å². The molecule has 0 unspecified atom stereocenters. The summed E-state index contributed by atoms with van der Waals surface area (Å²) in [7, 11) is -3.71. The lowest BCUT2D eigenvalue weighted by atomic mass is 9.75. The number of esters is 1. The third-order valence-corrected chi connectivity index (χ3v) is 4.92. The predicted molar refractivity (Wildman–Crippen MR) is 77.2 cm³/mol. The van der Waals surface area contributed by atoms with Crippen LogP contribution in [0.2, 0.25) is 0 Å². The van der Waals surface area contributed by atoms with E-state index in [-0.39, 0.29) is 29.3 Å². The molecule has 21 heavy (non-hydrogen) atoms. The van der Waals surface area contributed by atoms with E-state index >= 15 is 0 Å². The van der Waals surface area contributed by atoms with Crippen LogP contribution in [0.3, 0.4) is 0 Å². The van der Waals surface area contributed by atoms with Crippen molar-refractivity contribution in [3.8, 4) is 0 Å². The van der Waals surface area contributed by atoms with Crippen LogP contribution in [0, 0.1) is 18.8 Å². The molecule has 5 nitrogen and oxygen atoms in total. The van der Waals surface area contributed by atoms with Gasteiger partial charge < -0.3 is 4.74 Å². The summed E-state index contributed by atoms with van der Waals surface area (Å²) in [6.45, 7) is 4.15. The van der Waals surface area contributed by atoms with Crippen molar-refractivity contribution < 1.29 is 22.1 Å². The van der Waals surface area contributed by atoms with Crippen molar-refractivity contribution in [3.63, 3.8) is 0 Å². The Morgan fingerprint density at radius 3 is 2.43 bits per heavy atom. The van der Waals surface area contributed by atoms with Gasteiger partial charge in [0.1, 0.15) is 0 Å². The molecular weight excluding hydrogens is 292 g/mol. The molecule has 6 heteroatoms. The molecule has 0 aliphatic heterocycles. The van der Waals surface area contributed by atoms with Crippen LogP contribution >= 0.6 is 0 Å². The van der Waals surface area contributed by atoms with Crippen molar-refractivity contribution in [2.24, 2.45) is 11.8 Å². The lowest BCUT2D eigenvalue weighted by molar-refractivity contribution is -0.153. The standard InChI is InChI=1S/C15H20O5S/c1-3-19-15(16)13-8-12(9-13)10-20-21(17,18)14-6-4-11(2)5-7-14/h4-7,12-13H,3,8-10H2,1-2H3. The molecule has 0 radical (unpaired) electrons. The maximum atomic E-state index is 12.0. The van der Waals surface area contributed by atoms with E-state index in [4.69, 9.17) is 8.92 Å². The second-order valence-electron chi connectivity index (χ2n) is 5.34. The van der Waals surface area contributed by atoms with Crippen LogP contribution in [0.15, 0.2) is 29.2 Å². The van der Waals surface area contributed by atoms with Crippen LogP contribution < -0.4 is 0 Å². The van der Waals surface area contributed by atoms with Gasteiger partial charge >= 0.3 is 5.97 Å². The normalized spacial score (nSPS) is 21.6. The van der Waals surface area contributed by atoms with E-state index in [0.29, 0.717) is 19.4 Å². The zero-order chi connectivity index (χ0) is 15.5. The fraction of sp³-hybridized carbons (Fsp3) is 0.533. The Hall–Kier alpha value is -1.40. The SMILES string of the molecule is CCOC(=O)C1CC(COS(=O)(=O)c2ccc(C)cc2)C1. The Morgan fingerprint density at radius 1 is 1.24 bits per heavy atom. The molecule has 0 saturated heterocycles. The lowest BCUT2D eigenvalue weighted by Crippen LogP contribution is -2.34. The summed E-state index contributed by atoms with van der Waals surface area (Å²) in [4.78, 5) is 11.6. The lowest BCUT2D eigenvalue weighted by Gasteiger charge is -2.32. The molecule has 0 atom stereocenters. The van der Waals surface area contributed by atoms with Gasteiger partial charge in [0.05, 0.1) is 24.0 Å². The van der Waals surface area contributed by atoms with Crippen molar-refractivity contribution >= 4 is 16.1 Å². The highest BCUT2D eigenvalue weighted by molar-refractivity contribution is 7.86. The fourth-order valence-corrected chi connectivity index (χ4v) is 3.26. The van der Waals surface area contributed by atoms with E-state index in [1.807, 2.05) is 6.92 Å². The second-order valence-corrected chi connectivity index (χ2v) is 6.95. The molecule has 1 saturated carbocycles. The van der Waals surface area contributed by atoms with Crippen molar-refractivity contribution in [3.05, 3.63) is 29.8 Å². The van der Waals surface area contributed by atoms with Crippen LogP contribution in [0.1, 0.15) is 25.3 Å². The monoisotopic (exact) mass is 312 g/mol. The fourth-order valence-electron chi connectivity index (χ4n) is 2.28. The minimum Gasteiger partial charge on any atom is -0.466 e. The van der Waals surface area contributed by atoms with E-state index in [9.17, 15) is 13.2 Å². The van der Waals surface area contributed by atoms with Crippen LogP contribution in [-0.4, -0.2) is 27.6 Å². The van der Waals surface area contributed by atoms with Gasteiger partial charge in [-0.2, -0.15) is 8.42 Å². The number of carbonyl (C=O) groups is 1. The van der Waals surface area contributed by atoms with Gasteiger partial charge in [0.25, 0.3) is 10.1 Å². The first kappa shape index (κ1) is 16.0. The molecule has 0 bridgehead atoms. The van der Waals surface area contributed by atoms with Gasteiger partial charge in [-0.25, -0.2) is 0 Å². The third kappa shape index (κ3) is 4.04. The molecule has 0 heterocycles. The summed E-state index contributed by atoms with van der Waals surface area (Å²) < 4.78 is 34.0. The zero-order valence-corrected chi connectivity index (χ0v) is 13.1. The average Bonchev–Trinajstić information content (AvgIpc) is 2.37. The smallest absolute Gasteiger partial charge is 0.308 e. The minimum atomic E-state index is -3.71. The number of hydrogen-bond donors (Lipinski definition) is 0. The van der Waals surface area contributed by atoms with Crippen molar-refractivity contribution in [2.75, 3.05) is 13.2 Å². The molecule has 0 spiro atoms. The molecule has 1 aromatic rings. The molecule has 116 valence electrons. The number of hydrogen-bond acceptors (Lipinski definition) is 5. The first-order valence-electron chi connectivity index (χ1n) is 7.05. The summed E-state index contributed by atoms with van der Waals surface area (Å²) in [5.74, 6) is -0.213. The average molecular weight is 312 g/mol. The maximum Gasteiger partial charge on any atom is 0.308 e. The summed E-state index contributed by atoms with van der Waals surface area (Å²) in [6.07, 6.45) is 1.25. The van der Waals surface area contributed by atoms with Crippen LogP contribution in [-0.2, 0) is 23.8 Å². The molecule has 1 aliphatic rings. The Bertz CT molecular complexity index is 585. The van der Waals surface area contributed by atoms with Gasteiger partial charge in [0.2, 0.25) is 0 Å². The van der Waals surface area contributed by atoms with Gasteiger partial charge in [-0.3, -0.25) is 8.98 Å². The summed E-state index contributed by atoms with van der Waals surface area (Å²) in [5, 5.41) is 0. The highest BCUT2D eigenvalue weighted by Gasteiger charge is 2.36. The van der Waals surface area contributed by atoms with Crippen LogP contribution in [0.4, 0.5) is 0 Å². The summed E-state index contributed by atoms with van der Waals surface area (Å²) in [5.41, 5.74) is 0.991. The number of ether oxygens (including phenoxy) is 1. The van der Waals surface area contributed by atoms with Gasteiger partial charge in [-0.15, -0.1) is 0 Å². The number of benzene rings is 1. The van der Waals surface area contributed by atoms with E-state index in [2.05, 4.69) is 0 Å². The molecule has 1 aliphatic carbocycles. The van der Waals surface area contributed by atoms with Gasteiger partial charge in [-0.05, 0) is 44.7 Å². The summed E-state index contributed by atoms with van der Waals surface area (Å²) >= 11 is 0. The predicted octanol–water partition coefficient (Wildman–Crippen LogP) is 2.29. The number of rotatable bonds is 6. The van der Waals surface area contributed by atoms with E-state index in [0.717, 1.165) is 5.56 Å². The highest BCUT2D eigenvalue weighted by atomic mass is 32.2. The van der Waals surface area contributed by atoms with Gasteiger partial charge in [-0.1, -0.05) is 17.7 Å². The van der Waals surface area contributed by atoms with Crippen molar-refractivity contribution in [1.29, 1.82) is 0 Å². The molecule has 1 fully saturated rings. The molecule has 2 rings (SSSR count). The Labute approximate surface area is 125 Å². The Kier molecular flexibility index (Phi) is 5.00. The maximum absolute atomic E-state index is 12.0. The summed E-state index contributed by atoms with van der Waals surface area (Å²) in [6, 6.07) is 6.53. The number of carbonyl (C=O) groups excluding carboxylic acids is 1. The molecule has 0 amide bonds. The van der Waals surface area contributed by atoms with E-state index in [1.165, 1.54) is 12.1 Å². The van der Waals surface area contributed by atoms with Gasteiger partial charge in [0, 0.05) is 0 Å². The van der Waals surface area contributed by atoms with E-state index in [1.54, 1.807) is 19.1 Å². The first-order chi connectivity index (χ1) is 9.92. The Balaban J connectivity index is 1.82. The zero-order valence-electron chi connectivity index (χ0n) is 12.2. The van der Waals surface area contributed by atoms with Gasteiger partial charge in [0.15, 0.2) is 0 Å². The van der Waals surface area contributed by atoms with Crippen molar-refractivity contribution in [2.45, 2.75) is 31.6 Å². The second kappa shape index (κ2) is 6.58. The quantitative estimate of drug-likeness (QED) is 0.595. The topological polar surface area (TPSA) is 69.7 Å². The van der Waals surface area contributed by atoms with Crippen LogP contribution in [0.25, 0.3) is 0 Å². The van der Waals surface area contributed by atoms with Crippen molar-refractivity contribution in [1.82, 2.24) is 0 Å². The largest absolute Gasteiger partial charge is 0.466 e.